The third-order valence-corrected chi connectivity index (χ3v) is 4.69. The van der Waals surface area contributed by atoms with Crippen LogP contribution < -0.4 is 5.32 Å². The molecule has 1 aliphatic heterocycles. The summed E-state index contributed by atoms with van der Waals surface area (Å²) in [5.74, 6) is -0.143. The smallest absolute Gasteiger partial charge is 0.233 e. The topological polar surface area (TPSA) is 49.4 Å². The van der Waals surface area contributed by atoms with Crippen LogP contribution >= 0.6 is 0 Å². The molecule has 0 aromatic heterocycles. The molecule has 2 aliphatic rings. The van der Waals surface area contributed by atoms with Gasteiger partial charge in [0, 0.05) is 6.04 Å². The van der Waals surface area contributed by atoms with Crippen molar-refractivity contribution in [3.63, 3.8) is 0 Å². The van der Waals surface area contributed by atoms with Gasteiger partial charge in [-0.3, -0.25) is 14.5 Å². The molecule has 1 aromatic carbocycles. The number of benzene rings is 1. The third kappa shape index (κ3) is 2.72. The number of nitrogens with one attached hydrogen (secondary N) is 1. The molecule has 21 heavy (non-hydrogen) atoms. The summed E-state index contributed by atoms with van der Waals surface area (Å²) in [6.45, 7) is 3.41. The Kier molecular flexibility index (Phi) is 4.06. The van der Waals surface area contributed by atoms with E-state index in [1.807, 2.05) is 30.3 Å². The molecular weight excluding hydrogens is 264 g/mol. The lowest BCUT2D eigenvalue weighted by Crippen LogP contribution is -2.38. The standard InChI is InChI=1S/C17H22N2O2/c1-2-18-13-8-9-14-15(10-13)17(21)19(16(14)20)11-12-6-4-3-5-7-12/h3-7,13-15,18H,2,8-11H2,1H3. The maximum Gasteiger partial charge on any atom is 0.233 e. The lowest BCUT2D eigenvalue weighted by Gasteiger charge is -2.29. The van der Waals surface area contributed by atoms with Gasteiger partial charge in [0.05, 0.1) is 18.4 Å². The summed E-state index contributed by atoms with van der Waals surface area (Å²) in [6, 6.07) is 10.1. The average molecular weight is 286 g/mol. The summed E-state index contributed by atoms with van der Waals surface area (Å²) in [7, 11) is 0. The number of rotatable bonds is 4. The molecule has 0 radical (unpaired) electrons. The highest BCUT2D eigenvalue weighted by atomic mass is 16.2. The normalized spacial score (nSPS) is 28.8. The fourth-order valence-electron chi connectivity index (χ4n) is 3.64. The maximum atomic E-state index is 12.6. The van der Waals surface area contributed by atoms with E-state index in [0.29, 0.717) is 12.6 Å². The summed E-state index contributed by atoms with van der Waals surface area (Å²) in [5, 5.41) is 3.41. The van der Waals surface area contributed by atoms with Gasteiger partial charge < -0.3 is 5.32 Å². The molecule has 2 amide bonds. The molecule has 0 bridgehead atoms. The Morgan fingerprint density at radius 1 is 1.10 bits per heavy atom. The second-order valence-corrected chi connectivity index (χ2v) is 6.03. The third-order valence-electron chi connectivity index (χ3n) is 4.69. The Hall–Kier alpha value is -1.68. The van der Waals surface area contributed by atoms with E-state index in [1.165, 1.54) is 4.90 Å². The predicted molar refractivity (Wildman–Crippen MR) is 80.3 cm³/mol. The van der Waals surface area contributed by atoms with E-state index in [2.05, 4.69) is 12.2 Å². The Morgan fingerprint density at radius 2 is 1.81 bits per heavy atom. The largest absolute Gasteiger partial charge is 0.314 e. The fraction of sp³-hybridized carbons (Fsp3) is 0.529. The minimum Gasteiger partial charge on any atom is -0.314 e. The molecule has 1 aromatic rings. The molecular formula is C17H22N2O2. The highest BCUT2D eigenvalue weighted by Gasteiger charge is 2.49. The number of likely N-dealkylation sites (tertiary alicyclic amines) is 1. The van der Waals surface area contributed by atoms with Gasteiger partial charge in [-0.1, -0.05) is 37.3 Å². The zero-order valence-corrected chi connectivity index (χ0v) is 12.4. The summed E-state index contributed by atoms with van der Waals surface area (Å²) < 4.78 is 0. The van der Waals surface area contributed by atoms with Crippen LogP contribution in [0.3, 0.4) is 0 Å². The molecule has 1 saturated carbocycles. The Labute approximate surface area is 125 Å². The maximum absolute atomic E-state index is 12.6. The van der Waals surface area contributed by atoms with Gasteiger partial charge in [-0.15, -0.1) is 0 Å². The lowest BCUT2D eigenvalue weighted by molar-refractivity contribution is -0.140. The van der Waals surface area contributed by atoms with E-state index >= 15 is 0 Å². The molecule has 4 nitrogen and oxygen atoms in total. The second-order valence-electron chi connectivity index (χ2n) is 6.03. The van der Waals surface area contributed by atoms with Gasteiger partial charge in [-0.05, 0) is 31.4 Å². The zero-order valence-electron chi connectivity index (χ0n) is 12.4. The van der Waals surface area contributed by atoms with Gasteiger partial charge >= 0.3 is 0 Å². The molecule has 1 aliphatic carbocycles. The number of hydrogen-bond donors (Lipinski definition) is 1. The molecule has 3 atom stereocenters. The van der Waals surface area contributed by atoms with Gasteiger partial charge in [0.2, 0.25) is 11.8 Å². The number of fused-ring (bicyclic) bond motifs is 1. The molecule has 3 rings (SSSR count). The average Bonchev–Trinajstić information content (AvgIpc) is 2.74. The molecule has 4 heteroatoms. The van der Waals surface area contributed by atoms with Crippen molar-refractivity contribution in [1.29, 1.82) is 0 Å². The first-order chi connectivity index (χ1) is 10.2. The van der Waals surface area contributed by atoms with Crippen molar-refractivity contribution in [1.82, 2.24) is 10.2 Å². The minimum atomic E-state index is -0.112. The lowest BCUT2D eigenvalue weighted by atomic mass is 9.78. The summed E-state index contributed by atoms with van der Waals surface area (Å²) >= 11 is 0. The molecule has 1 saturated heterocycles. The van der Waals surface area contributed by atoms with Gasteiger partial charge in [-0.2, -0.15) is 0 Å². The SMILES string of the molecule is CCNC1CCC2C(=O)N(Cc3ccccc3)C(=O)C2C1. The van der Waals surface area contributed by atoms with Crippen molar-refractivity contribution in [3.05, 3.63) is 35.9 Å². The monoisotopic (exact) mass is 286 g/mol. The Balaban J connectivity index is 1.73. The van der Waals surface area contributed by atoms with Crippen molar-refractivity contribution in [2.24, 2.45) is 11.8 Å². The quantitative estimate of drug-likeness (QED) is 0.861. The van der Waals surface area contributed by atoms with Crippen LogP contribution in [0.15, 0.2) is 30.3 Å². The molecule has 3 unspecified atom stereocenters. The van der Waals surface area contributed by atoms with Crippen LogP contribution in [0.5, 0.6) is 0 Å². The van der Waals surface area contributed by atoms with E-state index in [0.717, 1.165) is 31.4 Å². The van der Waals surface area contributed by atoms with Crippen LogP contribution in [0.25, 0.3) is 0 Å². The van der Waals surface area contributed by atoms with E-state index < -0.39 is 0 Å². The van der Waals surface area contributed by atoms with Crippen LogP contribution in [0, 0.1) is 11.8 Å². The van der Waals surface area contributed by atoms with Crippen LogP contribution in [0.2, 0.25) is 0 Å². The fourth-order valence-corrected chi connectivity index (χ4v) is 3.64. The molecule has 0 spiro atoms. The van der Waals surface area contributed by atoms with Crippen LogP contribution in [-0.4, -0.2) is 29.3 Å². The van der Waals surface area contributed by atoms with E-state index in [9.17, 15) is 9.59 Å². The predicted octanol–water partition coefficient (Wildman–Crippen LogP) is 1.95. The Morgan fingerprint density at radius 3 is 2.52 bits per heavy atom. The minimum absolute atomic E-state index is 0.0245. The number of carbonyl (C=O) groups is 2. The zero-order chi connectivity index (χ0) is 14.8. The molecule has 2 fully saturated rings. The van der Waals surface area contributed by atoms with Crippen molar-refractivity contribution >= 4 is 11.8 Å². The summed E-state index contributed by atoms with van der Waals surface area (Å²) in [6.07, 6.45) is 2.62. The number of amides is 2. The van der Waals surface area contributed by atoms with Crippen molar-refractivity contribution in [3.8, 4) is 0 Å². The number of hydrogen-bond acceptors (Lipinski definition) is 3. The van der Waals surface area contributed by atoms with Gasteiger partial charge in [0.1, 0.15) is 0 Å². The highest BCUT2D eigenvalue weighted by Crippen LogP contribution is 2.38. The number of imide groups is 1. The van der Waals surface area contributed by atoms with Gasteiger partial charge in [0.25, 0.3) is 0 Å². The molecule has 1 N–H and O–H groups in total. The van der Waals surface area contributed by atoms with Crippen LogP contribution in [0.1, 0.15) is 31.7 Å². The second kappa shape index (κ2) is 5.98. The van der Waals surface area contributed by atoms with Crippen LogP contribution in [-0.2, 0) is 16.1 Å². The van der Waals surface area contributed by atoms with Crippen molar-refractivity contribution in [2.75, 3.05) is 6.54 Å². The van der Waals surface area contributed by atoms with Crippen molar-refractivity contribution in [2.45, 2.75) is 38.8 Å². The van der Waals surface area contributed by atoms with Gasteiger partial charge in [0.15, 0.2) is 0 Å². The van der Waals surface area contributed by atoms with E-state index in [4.69, 9.17) is 0 Å². The molecule has 1 heterocycles. The van der Waals surface area contributed by atoms with Crippen LogP contribution in [0.4, 0.5) is 0 Å². The first-order valence-corrected chi connectivity index (χ1v) is 7.83. The molecule has 112 valence electrons. The van der Waals surface area contributed by atoms with Gasteiger partial charge in [-0.25, -0.2) is 0 Å². The van der Waals surface area contributed by atoms with E-state index in [1.54, 1.807) is 0 Å². The number of carbonyl (C=O) groups excluding carboxylic acids is 2. The summed E-state index contributed by atoms with van der Waals surface area (Å²) in [4.78, 5) is 26.6. The summed E-state index contributed by atoms with van der Waals surface area (Å²) in [5.41, 5.74) is 1.01. The number of nitrogens with zero attached hydrogens (tertiary/aromatic N) is 1. The first-order valence-electron chi connectivity index (χ1n) is 7.83. The Bertz CT molecular complexity index is 529. The van der Waals surface area contributed by atoms with Crippen molar-refractivity contribution < 1.29 is 9.59 Å². The van der Waals surface area contributed by atoms with E-state index in [-0.39, 0.29) is 23.7 Å². The highest BCUT2D eigenvalue weighted by molar-refractivity contribution is 6.05. The first kappa shape index (κ1) is 14.3.